The molecular formula is C18H24N4O4. The molecule has 1 amide bonds. The minimum absolute atomic E-state index is 0.311. The number of rotatable bonds is 4. The number of carbonyl (C=O) groups excluding carboxylic acids is 1. The molecule has 0 N–H and O–H groups in total. The number of ether oxygens (including phenoxy) is 3. The minimum Gasteiger partial charge on any atom is -0.497 e. The van der Waals surface area contributed by atoms with Crippen molar-refractivity contribution in [1.82, 2.24) is 19.7 Å². The molecule has 8 nitrogen and oxygen atoms in total. The Balaban J connectivity index is 1.61. The first-order valence-electron chi connectivity index (χ1n) is 8.51. The van der Waals surface area contributed by atoms with Crippen molar-refractivity contribution in [3.63, 3.8) is 0 Å². The lowest BCUT2D eigenvalue weighted by molar-refractivity contribution is 0.0193. The molecule has 0 saturated heterocycles. The van der Waals surface area contributed by atoms with Crippen molar-refractivity contribution in [3.05, 3.63) is 35.9 Å². The van der Waals surface area contributed by atoms with Gasteiger partial charge in [-0.1, -0.05) is 0 Å². The molecule has 0 saturated carbocycles. The second kappa shape index (κ2) is 7.23. The van der Waals surface area contributed by atoms with Gasteiger partial charge in [0.1, 0.15) is 23.7 Å². The van der Waals surface area contributed by atoms with Crippen molar-refractivity contribution in [1.29, 1.82) is 0 Å². The van der Waals surface area contributed by atoms with Crippen LogP contribution in [0.4, 0.5) is 4.79 Å². The Labute approximate surface area is 152 Å². The topological polar surface area (TPSA) is 78.7 Å². The van der Waals surface area contributed by atoms with Crippen LogP contribution in [0, 0.1) is 0 Å². The van der Waals surface area contributed by atoms with Crippen LogP contribution < -0.4 is 9.47 Å². The Morgan fingerprint density at radius 3 is 2.46 bits per heavy atom. The van der Waals surface area contributed by atoms with E-state index in [9.17, 15) is 4.79 Å². The molecule has 1 aromatic carbocycles. The lowest BCUT2D eigenvalue weighted by Gasteiger charge is -2.30. The van der Waals surface area contributed by atoms with Crippen molar-refractivity contribution in [2.75, 3.05) is 13.7 Å². The van der Waals surface area contributed by atoms with E-state index < -0.39 is 5.60 Å². The maximum atomic E-state index is 12.2. The molecule has 8 heteroatoms. The number of carbonyl (C=O) groups is 1. The van der Waals surface area contributed by atoms with Crippen LogP contribution in [0.2, 0.25) is 0 Å². The predicted molar refractivity (Wildman–Crippen MR) is 94.0 cm³/mol. The van der Waals surface area contributed by atoms with Gasteiger partial charge in [-0.3, -0.25) is 4.90 Å². The maximum Gasteiger partial charge on any atom is 0.410 e. The first-order chi connectivity index (χ1) is 12.4. The van der Waals surface area contributed by atoms with Crippen molar-refractivity contribution >= 4 is 6.09 Å². The van der Waals surface area contributed by atoms with Gasteiger partial charge >= 0.3 is 6.09 Å². The average Bonchev–Trinajstić information content (AvgIpc) is 3.01. The van der Waals surface area contributed by atoms with Crippen molar-refractivity contribution in [2.45, 2.75) is 46.1 Å². The van der Waals surface area contributed by atoms with Crippen molar-refractivity contribution in [2.24, 2.45) is 0 Å². The molecular weight excluding hydrogens is 336 g/mol. The fraction of sp³-hybridized carbons (Fsp3) is 0.500. The Bertz CT molecular complexity index is 764. The van der Waals surface area contributed by atoms with E-state index in [0.29, 0.717) is 26.2 Å². The highest BCUT2D eigenvalue weighted by Gasteiger charge is 2.28. The zero-order valence-electron chi connectivity index (χ0n) is 15.6. The summed E-state index contributed by atoms with van der Waals surface area (Å²) in [5, 5.41) is 8.39. The second-order valence-electron chi connectivity index (χ2n) is 7.05. The molecule has 1 aliphatic heterocycles. The fourth-order valence-electron chi connectivity index (χ4n) is 2.63. The third kappa shape index (κ3) is 4.25. The van der Waals surface area contributed by atoms with Crippen LogP contribution in [-0.2, 0) is 24.4 Å². The van der Waals surface area contributed by atoms with E-state index in [4.69, 9.17) is 14.2 Å². The number of methoxy groups -OCH3 is 1. The summed E-state index contributed by atoms with van der Waals surface area (Å²) in [5.41, 5.74) is -0.514. The van der Waals surface area contributed by atoms with Crippen LogP contribution in [0.1, 0.15) is 32.4 Å². The Morgan fingerprint density at radius 1 is 1.12 bits per heavy atom. The quantitative estimate of drug-likeness (QED) is 0.834. The van der Waals surface area contributed by atoms with E-state index in [1.807, 2.05) is 49.6 Å². The van der Waals surface area contributed by atoms with Crippen LogP contribution in [0.25, 0.3) is 0 Å². The van der Waals surface area contributed by atoms with Gasteiger partial charge in [0.2, 0.25) is 0 Å². The largest absolute Gasteiger partial charge is 0.497 e. The van der Waals surface area contributed by atoms with Gasteiger partial charge < -0.3 is 18.8 Å². The number of amides is 1. The molecule has 26 heavy (non-hydrogen) atoms. The number of aromatic nitrogens is 3. The van der Waals surface area contributed by atoms with E-state index >= 15 is 0 Å². The molecule has 0 unspecified atom stereocenters. The van der Waals surface area contributed by atoms with Crippen LogP contribution >= 0.6 is 0 Å². The highest BCUT2D eigenvalue weighted by molar-refractivity contribution is 5.68. The maximum absolute atomic E-state index is 12.2. The first-order valence-corrected chi connectivity index (χ1v) is 8.51. The third-order valence-electron chi connectivity index (χ3n) is 3.91. The first kappa shape index (κ1) is 18.0. The highest BCUT2D eigenvalue weighted by atomic mass is 16.6. The highest BCUT2D eigenvalue weighted by Crippen LogP contribution is 2.20. The second-order valence-corrected chi connectivity index (χ2v) is 7.05. The van der Waals surface area contributed by atoms with Crippen LogP contribution in [0.3, 0.4) is 0 Å². The minimum atomic E-state index is -0.514. The normalized spacial score (nSPS) is 13.9. The SMILES string of the molecule is COc1ccc(OCc2nnc3n2CCN(C(=O)OC(C)(C)C)C3)cc1. The monoisotopic (exact) mass is 360 g/mol. The summed E-state index contributed by atoms with van der Waals surface area (Å²) in [7, 11) is 1.62. The lowest BCUT2D eigenvalue weighted by Crippen LogP contribution is -2.41. The number of nitrogens with zero attached hydrogens (tertiary/aromatic N) is 4. The third-order valence-corrected chi connectivity index (χ3v) is 3.91. The fourth-order valence-corrected chi connectivity index (χ4v) is 2.63. The standard InChI is InChI=1S/C18H24N4O4/c1-18(2,3)26-17(23)21-9-10-22-15(11-21)19-20-16(22)12-25-14-7-5-13(24-4)6-8-14/h5-8H,9-12H2,1-4H3. The molecule has 1 aliphatic rings. The summed E-state index contributed by atoms with van der Waals surface area (Å²) in [6.07, 6.45) is -0.331. The Hall–Kier alpha value is -2.77. The smallest absolute Gasteiger partial charge is 0.410 e. The number of hydrogen-bond acceptors (Lipinski definition) is 6. The molecule has 2 aromatic rings. The molecule has 1 aromatic heterocycles. The summed E-state index contributed by atoms with van der Waals surface area (Å²) >= 11 is 0. The summed E-state index contributed by atoms with van der Waals surface area (Å²) in [6, 6.07) is 7.37. The van der Waals surface area contributed by atoms with Gasteiger partial charge in [-0.05, 0) is 45.0 Å². The molecule has 3 rings (SSSR count). The molecule has 2 heterocycles. The number of hydrogen-bond donors (Lipinski definition) is 0. The summed E-state index contributed by atoms with van der Waals surface area (Å²) in [6.45, 7) is 7.42. The van der Waals surface area contributed by atoms with E-state index in [1.54, 1.807) is 12.0 Å². The Kier molecular flexibility index (Phi) is 5.01. The van der Waals surface area contributed by atoms with Gasteiger partial charge in [0, 0.05) is 13.1 Å². The molecule has 0 bridgehead atoms. The average molecular weight is 360 g/mol. The van der Waals surface area contributed by atoms with Gasteiger partial charge in [-0.2, -0.15) is 0 Å². The predicted octanol–water partition coefficient (Wildman–Crippen LogP) is 2.62. The zero-order chi connectivity index (χ0) is 18.7. The van der Waals surface area contributed by atoms with Crippen molar-refractivity contribution < 1.29 is 19.0 Å². The van der Waals surface area contributed by atoms with Crippen molar-refractivity contribution in [3.8, 4) is 11.5 Å². The lowest BCUT2D eigenvalue weighted by atomic mass is 10.2. The zero-order valence-corrected chi connectivity index (χ0v) is 15.6. The van der Waals surface area contributed by atoms with Crippen LogP contribution in [0.15, 0.2) is 24.3 Å². The molecule has 0 radical (unpaired) electrons. The summed E-state index contributed by atoms with van der Waals surface area (Å²) < 4.78 is 18.3. The molecule has 0 aliphatic carbocycles. The van der Waals surface area contributed by atoms with E-state index in [1.165, 1.54) is 0 Å². The van der Waals surface area contributed by atoms with E-state index in [2.05, 4.69) is 10.2 Å². The van der Waals surface area contributed by atoms with Gasteiger partial charge in [0.05, 0.1) is 13.7 Å². The van der Waals surface area contributed by atoms with Gasteiger partial charge in [0.15, 0.2) is 11.6 Å². The van der Waals surface area contributed by atoms with Gasteiger partial charge in [-0.15, -0.1) is 10.2 Å². The number of fused-ring (bicyclic) bond motifs is 1. The van der Waals surface area contributed by atoms with E-state index in [-0.39, 0.29) is 6.09 Å². The molecule has 0 fully saturated rings. The van der Waals surface area contributed by atoms with Gasteiger partial charge in [-0.25, -0.2) is 4.79 Å². The molecule has 0 atom stereocenters. The molecule has 0 spiro atoms. The summed E-state index contributed by atoms with van der Waals surface area (Å²) in [4.78, 5) is 13.8. The molecule has 140 valence electrons. The van der Waals surface area contributed by atoms with Crippen LogP contribution in [0.5, 0.6) is 11.5 Å². The van der Waals surface area contributed by atoms with E-state index in [0.717, 1.165) is 23.1 Å². The Morgan fingerprint density at radius 2 is 1.81 bits per heavy atom. The van der Waals surface area contributed by atoms with Gasteiger partial charge in [0.25, 0.3) is 0 Å². The van der Waals surface area contributed by atoms with Crippen LogP contribution in [-0.4, -0.2) is 45.0 Å². The number of benzene rings is 1. The summed E-state index contributed by atoms with van der Waals surface area (Å²) in [5.74, 6) is 2.98.